The SMILES string of the molecule is CCCC(C)N(C)S(=O)(=O)c1ccccc1O. The molecular formula is C12H19NO3S. The molecule has 0 aliphatic heterocycles. The molecule has 0 aliphatic carbocycles. The van der Waals surface area contributed by atoms with E-state index in [9.17, 15) is 13.5 Å². The van der Waals surface area contributed by atoms with Gasteiger partial charge in [0.05, 0.1) is 0 Å². The lowest BCUT2D eigenvalue weighted by molar-refractivity contribution is 0.365. The maximum absolute atomic E-state index is 12.2. The number of nitrogens with zero attached hydrogens (tertiary/aromatic N) is 1. The first-order chi connectivity index (χ1) is 7.91. The summed E-state index contributed by atoms with van der Waals surface area (Å²) in [6, 6.07) is 5.92. The van der Waals surface area contributed by atoms with E-state index >= 15 is 0 Å². The van der Waals surface area contributed by atoms with Crippen LogP contribution in [0.25, 0.3) is 0 Å². The van der Waals surface area contributed by atoms with Gasteiger partial charge in [-0.25, -0.2) is 8.42 Å². The van der Waals surface area contributed by atoms with Crippen LogP contribution in [0.5, 0.6) is 5.75 Å². The zero-order chi connectivity index (χ0) is 13.1. The van der Waals surface area contributed by atoms with Crippen LogP contribution in [0.1, 0.15) is 26.7 Å². The summed E-state index contributed by atoms with van der Waals surface area (Å²) in [5.41, 5.74) is 0. The Morgan fingerprint density at radius 1 is 1.35 bits per heavy atom. The molecule has 1 rings (SSSR count). The van der Waals surface area contributed by atoms with Crippen LogP contribution in [0.3, 0.4) is 0 Å². The van der Waals surface area contributed by atoms with Crippen LogP contribution in [-0.4, -0.2) is 30.9 Å². The van der Waals surface area contributed by atoms with E-state index in [2.05, 4.69) is 0 Å². The second kappa shape index (κ2) is 5.51. The molecule has 1 aromatic rings. The van der Waals surface area contributed by atoms with Crippen LogP contribution in [0, 0.1) is 0 Å². The first-order valence-electron chi connectivity index (χ1n) is 5.67. The van der Waals surface area contributed by atoms with Crippen LogP contribution in [-0.2, 0) is 10.0 Å². The fourth-order valence-electron chi connectivity index (χ4n) is 1.67. The smallest absolute Gasteiger partial charge is 0.246 e. The van der Waals surface area contributed by atoms with Gasteiger partial charge < -0.3 is 5.11 Å². The van der Waals surface area contributed by atoms with Crippen LogP contribution >= 0.6 is 0 Å². The Morgan fingerprint density at radius 2 is 1.94 bits per heavy atom. The largest absolute Gasteiger partial charge is 0.507 e. The molecule has 0 aliphatic rings. The van der Waals surface area contributed by atoms with E-state index in [0.29, 0.717) is 0 Å². The van der Waals surface area contributed by atoms with Gasteiger partial charge in [0.1, 0.15) is 10.6 Å². The topological polar surface area (TPSA) is 57.6 Å². The summed E-state index contributed by atoms with van der Waals surface area (Å²) in [6.45, 7) is 3.87. The summed E-state index contributed by atoms with van der Waals surface area (Å²) in [5.74, 6) is -0.206. The molecule has 0 fully saturated rings. The number of phenolic OH excluding ortho intramolecular Hbond substituents is 1. The first kappa shape index (κ1) is 14.0. The molecular weight excluding hydrogens is 238 g/mol. The third-order valence-corrected chi connectivity index (χ3v) is 4.87. The molecule has 4 nitrogen and oxygen atoms in total. The van der Waals surface area contributed by atoms with E-state index in [-0.39, 0.29) is 16.7 Å². The second-order valence-corrected chi connectivity index (χ2v) is 6.09. The summed E-state index contributed by atoms with van der Waals surface area (Å²) in [4.78, 5) is -0.0366. The standard InChI is InChI=1S/C12H19NO3S/c1-4-7-10(2)13(3)17(15,16)12-9-6-5-8-11(12)14/h5-6,8-10,14H,4,7H2,1-3H3. The van der Waals surface area contributed by atoms with Crippen molar-refractivity contribution in [1.29, 1.82) is 0 Å². The number of sulfonamides is 1. The van der Waals surface area contributed by atoms with Crippen molar-refractivity contribution >= 4 is 10.0 Å². The second-order valence-electron chi connectivity index (χ2n) is 4.13. The lowest BCUT2D eigenvalue weighted by Gasteiger charge is -2.24. The summed E-state index contributed by atoms with van der Waals surface area (Å²) in [5, 5.41) is 9.60. The first-order valence-corrected chi connectivity index (χ1v) is 7.11. The molecule has 0 bridgehead atoms. The van der Waals surface area contributed by atoms with Crippen molar-refractivity contribution in [3.63, 3.8) is 0 Å². The predicted molar refractivity (Wildman–Crippen MR) is 67.4 cm³/mol. The third-order valence-electron chi connectivity index (χ3n) is 2.85. The lowest BCUT2D eigenvalue weighted by atomic mass is 10.2. The van der Waals surface area contributed by atoms with Crippen molar-refractivity contribution in [3.8, 4) is 5.75 Å². The number of hydrogen-bond donors (Lipinski definition) is 1. The van der Waals surface area contributed by atoms with Gasteiger partial charge >= 0.3 is 0 Å². The average Bonchev–Trinajstić information content (AvgIpc) is 2.28. The van der Waals surface area contributed by atoms with Crippen molar-refractivity contribution in [2.24, 2.45) is 0 Å². The molecule has 1 N–H and O–H groups in total. The molecule has 96 valence electrons. The molecule has 0 aromatic heterocycles. The molecule has 1 atom stereocenters. The number of para-hydroxylation sites is 1. The fraction of sp³-hybridized carbons (Fsp3) is 0.500. The number of benzene rings is 1. The number of rotatable bonds is 5. The van der Waals surface area contributed by atoms with Gasteiger partial charge in [0.25, 0.3) is 0 Å². The van der Waals surface area contributed by atoms with Crippen molar-refractivity contribution in [3.05, 3.63) is 24.3 Å². The van der Waals surface area contributed by atoms with Crippen LogP contribution < -0.4 is 0 Å². The van der Waals surface area contributed by atoms with Gasteiger partial charge in [-0.05, 0) is 25.5 Å². The lowest BCUT2D eigenvalue weighted by Crippen LogP contribution is -2.35. The van der Waals surface area contributed by atoms with Gasteiger partial charge in [-0.2, -0.15) is 4.31 Å². The van der Waals surface area contributed by atoms with E-state index in [1.165, 1.54) is 16.4 Å². The maximum atomic E-state index is 12.2. The van der Waals surface area contributed by atoms with E-state index in [1.54, 1.807) is 19.2 Å². The van der Waals surface area contributed by atoms with Gasteiger partial charge in [0.2, 0.25) is 10.0 Å². The molecule has 0 spiro atoms. The highest BCUT2D eigenvalue weighted by Crippen LogP contribution is 2.26. The number of hydrogen-bond acceptors (Lipinski definition) is 3. The molecule has 0 saturated carbocycles. The average molecular weight is 257 g/mol. The monoisotopic (exact) mass is 257 g/mol. The summed E-state index contributed by atoms with van der Waals surface area (Å²) >= 11 is 0. The molecule has 0 heterocycles. The molecule has 0 radical (unpaired) electrons. The highest BCUT2D eigenvalue weighted by Gasteiger charge is 2.26. The normalized spacial score (nSPS) is 13.9. The zero-order valence-electron chi connectivity index (χ0n) is 10.4. The Balaban J connectivity index is 3.08. The Kier molecular flexibility index (Phi) is 4.54. The summed E-state index contributed by atoms with van der Waals surface area (Å²) in [6.07, 6.45) is 1.71. The van der Waals surface area contributed by atoms with Gasteiger partial charge in [0.15, 0.2) is 0 Å². The van der Waals surface area contributed by atoms with E-state index in [1.807, 2.05) is 13.8 Å². The highest BCUT2D eigenvalue weighted by molar-refractivity contribution is 7.89. The summed E-state index contributed by atoms with van der Waals surface area (Å²) < 4.78 is 25.8. The van der Waals surface area contributed by atoms with Crippen molar-refractivity contribution in [2.75, 3.05) is 7.05 Å². The van der Waals surface area contributed by atoms with Crippen molar-refractivity contribution < 1.29 is 13.5 Å². The van der Waals surface area contributed by atoms with E-state index in [0.717, 1.165) is 12.8 Å². The Hall–Kier alpha value is -1.07. The van der Waals surface area contributed by atoms with Crippen molar-refractivity contribution in [1.82, 2.24) is 4.31 Å². The fourth-order valence-corrected chi connectivity index (χ4v) is 3.14. The maximum Gasteiger partial charge on any atom is 0.246 e. The summed E-state index contributed by atoms with van der Waals surface area (Å²) in [7, 11) is -2.06. The minimum atomic E-state index is -3.61. The quantitative estimate of drug-likeness (QED) is 0.879. The van der Waals surface area contributed by atoms with Gasteiger partial charge in [-0.1, -0.05) is 25.5 Å². The minimum Gasteiger partial charge on any atom is -0.507 e. The molecule has 17 heavy (non-hydrogen) atoms. The molecule has 1 unspecified atom stereocenters. The molecule has 1 aromatic carbocycles. The predicted octanol–water partition coefficient (Wildman–Crippen LogP) is 2.20. The van der Waals surface area contributed by atoms with E-state index in [4.69, 9.17) is 0 Å². The zero-order valence-corrected chi connectivity index (χ0v) is 11.2. The van der Waals surface area contributed by atoms with Gasteiger partial charge in [-0.3, -0.25) is 0 Å². The van der Waals surface area contributed by atoms with Crippen LogP contribution in [0.2, 0.25) is 0 Å². The Labute approximate surface area is 103 Å². The minimum absolute atomic E-state index is 0.0366. The highest BCUT2D eigenvalue weighted by atomic mass is 32.2. The molecule has 0 amide bonds. The van der Waals surface area contributed by atoms with Crippen LogP contribution in [0.4, 0.5) is 0 Å². The van der Waals surface area contributed by atoms with Crippen molar-refractivity contribution in [2.45, 2.75) is 37.6 Å². The molecule has 5 heteroatoms. The van der Waals surface area contributed by atoms with Gasteiger partial charge in [-0.15, -0.1) is 0 Å². The number of phenols is 1. The van der Waals surface area contributed by atoms with Gasteiger partial charge in [0, 0.05) is 13.1 Å². The van der Waals surface area contributed by atoms with Crippen LogP contribution in [0.15, 0.2) is 29.2 Å². The molecule has 0 saturated heterocycles. The van der Waals surface area contributed by atoms with E-state index < -0.39 is 10.0 Å². The number of aromatic hydroxyl groups is 1. The third kappa shape index (κ3) is 2.98. The Morgan fingerprint density at radius 3 is 2.47 bits per heavy atom. The Bertz CT molecular complexity index is 470.